The van der Waals surface area contributed by atoms with Crippen LogP contribution in [0.25, 0.3) is 0 Å². The summed E-state index contributed by atoms with van der Waals surface area (Å²) in [5, 5.41) is 11.6. The van der Waals surface area contributed by atoms with Gasteiger partial charge in [-0.15, -0.1) is 11.8 Å². The normalized spacial score (nSPS) is 12.1. The quantitative estimate of drug-likeness (QED) is 0.612. The van der Waals surface area contributed by atoms with Crippen molar-refractivity contribution in [3.05, 3.63) is 29.8 Å². The molecule has 0 aliphatic heterocycles. The van der Waals surface area contributed by atoms with Crippen LogP contribution >= 0.6 is 11.8 Å². The first-order valence-corrected chi connectivity index (χ1v) is 6.09. The molecule has 1 N–H and O–H groups in total. The Labute approximate surface area is 95.7 Å². The highest BCUT2D eigenvalue weighted by molar-refractivity contribution is 7.99. The molecule has 0 aliphatic carbocycles. The Balaban J connectivity index is 2.59. The molecular weight excluding hydrogens is 204 g/mol. The van der Waals surface area contributed by atoms with E-state index in [0.717, 1.165) is 5.75 Å². The van der Waals surface area contributed by atoms with Crippen LogP contribution in [0.15, 0.2) is 29.2 Å². The lowest BCUT2D eigenvalue weighted by molar-refractivity contribution is 0.620. The summed E-state index contributed by atoms with van der Waals surface area (Å²) >= 11 is 1.84. The summed E-state index contributed by atoms with van der Waals surface area (Å²) in [5.41, 5.74) is 1.23. The standard InChI is InChI=1S/C12H16N2S/c1-3-15-12-6-4-11(5-7-12)10(2)14-9-8-13/h4-7,10,14H,3,9H2,1-2H3/t10-/m1/s1. The Morgan fingerprint density at radius 3 is 2.60 bits per heavy atom. The van der Waals surface area contributed by atoms with Gasteiger partial charge in [0.15, 0.2) is 0 Å². The lowest BCUT2D eigenvalue weighted by Gasteiger charge is -2.12. The molecule has 1 aromatic rings. The topological polar surface area (TPSA) is 35.8 Å². The van der Waals surface area contributed by atoms with Crippen LogP contribution in [0.1, 0.15) is 25.5 Å². The molecule has 15 heavy (non-hydrogen) atoms. The van der Waals surface area contributed by atoms with Gasteiger partial charge in [0.05, 0.1) is 12.6 Å². The third kappa shape index (κ3) is 3.94. The summed E-state index contributed by atoms with van der Waals surface area (Å²) < 4.78 is 0. The van der Waals surface area contributed by atoms with Gasteiger partial charge in [0.1, 0.15) is 0 Å². The van der Waals surface area contributed by atoms with Gasteiger partial charge in [-0.25, -0.2) is 0 Å². The molecular formula is C12H16N2S. The highest BCUT2D eigenvalue weighted by Crippen LogP contribution is 2.20. The number of nitrogens with one attached hydrogen (secondary N) is 1. The second-order valence-corrected chi connectivity index (χ2v) is 4.60. The molecule has 0 saturated heterocycles. The molecule has 80 valence electrons. The van der Waals surface area contributed by atoms with Crippen molar-refractivity contribution in [2.45, 2.75) is 24.8 Å². The molecule has 3 heteroatoms. The first kappa shape index (κ1) is 12.1. The second kappa shape index (κ2) is 6.49. The molecule has 0 heterocycles. The van der Waals surface area contributed by atoms with Gasteiger partial charge in [0.2, 0.25) is 0 Å². The summed E-state index contributed by atoms with van der Waals surface area (Å²) in [6, 6.07) is 10.8. The fourth-order valence-corrected chi connectivity index (χ4v) is 2.00. The van der Waals surface area contributed by atoms with Crippen LogP contribution in [0.4, 0.5) is 0 Å². The minimum atomic E-state index is 0.241. The average molecular weight is 220 g/mol. The molecule has 0 radical (unpaired) electrons. The molecule has 0 aromatic heterocycles. The fourth-order valence-electron chi connectivity index (χ4n) is 1.34. The predicted octanol–water partition coefficient (Wildman–Crippen LogP) is 2.97. The van der Waals surface area contributed by atoms with Crippen LogP contribution in [-0.2, 0) is 0 Å². The lowest BCUT2D eigenvalue weighted by Crippen LogP contribution is -2.18. The molecule has 0 amide bonds. The summed E-state index contributed by atoms with van der Waals surface area (Å²) in [7, 11) is 0. The average Bonchev–Trinajstić information content (AvgIpc) is 2.27. The van der Waals surface area contributed by atoms with Crippen LogP contribution < -0.4 is 5.32 Å². The SMILES string of the molecule is CCSc1ccc([C@@H](C)NCC#N)cc1. The molecule has 0 aliphatic rings. The number of nitrogens with zero attached hydrogens (tertiary/aromatic N) is 1. The van der Waals surface area contributed by atoms with Crippen molar-refractivity contribution >= 4 is 11.8 Å². The Morgan fingerprint density at radius 1 is 1.40 bits per heavy atom. The number of hydrogen-bond acceptors (Lipinski definition) is 3. The molecule has 1 aromatic carbocycles. The molecule has 0 saturated carbocycles. The summed E-state index contributed by atoms with van der Waals surface area (Å²) in [6.07, 6.45) is 0. The molecule has 0 bridgehead atoms. The van der Waals surface area contributed by atoms with Crippen LogP contribution in [0.3, 0.4) is 0 Å². The number of thioether (sulfide) groups is 1. The molecule has 0 unspecified atom stereocenters. The van der Waals surface area contributed by atoms with Crippen molar-refractivity contribution in [2.75, 3.05) is 12.3 Å². The lowest BCUT2D eigenvalue weighted by atomic mass is 10.1. The number of hydrogen-bond donors (Lipinski definition) is 1. The third-order valence-corrected chi connectivity index (χ3v) is 3.07. The highest BCUT2D eigenvalue weighted by Gasteiger charge is 2.03. The van der Waals surface area contributed by atoms with Crippen molar-refractivity contribution < 1.29 is 0 Å². The summed E-state index contributed by atoms with van der Waals surface area (Å²) in [6.45, 7) is 4.61. The molecule has 0 spiro atoms. The largest absolute Gasteiger partial charge is 0.298 e. The van der Waals surface area contributed by atoms with Crippen molar-refractivity contribution in [3.8, 4) is 6.07 Å². The Bertz CT molecular complexity index is 326. The maximum Gasteiger partial charge on any atom is 0.0845 e. The van der Waals surface area contributed by atoms with E-state index < -0.39 is 0 Å². The van der Waals surface area contributed by atoms with Gasteiger partial charge in [-0.3, -0.25) is 5.32 Å². The van der Waals surface area contributed by atoms with Crippen LogP contribution in [0.2, 0.25) is 0 Å². The van der Waals surface area contributed by atoms with Crippen LogP contribution in [-0.4, -0.2) is 12.3 Å². The number of rotatable bonds is 5. The van der Waals surface area contributed by atoms with E-state index >= 15 is 0 Å². The van der Waals surface area contributed by atoms with Gasteiger partial charge < -0.3 is 0 Å². The zero-order valence-electron chi connectivity index (χ0n) is 9.16. The Kier molecular flexibility index (Phi) is 5.23. The van der Waals surface area contributed by atoms with Crippen LogP contribution in [0, 0.1) is 11.3 Å². The summed E-state index contributed by atoms with van der Waals surface area (Å²) in [4.78, 5) is 1.30. The zero-order valence-corrected chi connectivity index (χ0v) is 9.97. The Morgan fingerprint density at radius 2 is 2.07 bits per heavy atom. The van der Waals surface area contributed by atoms with Gasteiger partial charge >= 0.3 is 0 Å². The minimum absolute atomic E-state index is 0.241. The number of benzene rings is 1. The zero-order chi connectivity index (χ0) is 11.1. The fraction of sp³-hybridized carbons (Fsp3) is 0.417. The van der Waals surface area contributed by atoms with Gasteiger partial charge in [-0.05, 0) is 30.4 Å². The van der Waals surface area contributed by atoms with Gasteiger partial charge in [0.25, 0.3) is 0 Å². The van der Waals surface area contributed by atoms with Crippen LogP contribution in [0.5, 0.6) is 0 Å². The van der Waals surface area contributed by atoms with Crippen molar-refractivity contribution in [3.63, 3.8) is 0 Å². The molecule has 2 nitrogen and oxygen atoms in total. The van der Waals surface area contributed by atoms with Gasteiger partial charge in [-0.1, -0.05) is 19.1 Å². The van der Waals surface area contributed by atoms with Crippen molar-refractivity contribution in [1.29, 1.82) is 5.26 Å². The van der Waals surface area contributed by atoms with E-state index in [-0.39, 0.29) is 6.04 Å². The first-order chi connectivity index (χ1) is 7.27. The van der Waals surface area contributed by atoms with Crippen molar-refractivity contribution in [2.24, 2.45) is 0 Å². The second-order valence-electron chi connectivity index (χ2n) is 3.26. The number of nitriles is 1. The Hall–Kier alpha value is -0.980. The van der Waals surface area contributed by atoms with E-state index in [4.69, 9.17) is 5.26 Å². The smallest absolute Gasteiger partial charge is 0.0845 e. The van der Waals surface area contributed by atoms with E-state index in [2.05, 4.69) is 49.5 Å². The van der Waals surface area contributed by atoms with Crippen molar-refractivity contribution in [1.82, 2.24) is 5.32 Å². The predicted molar refractivity (Wildman–Crippen MR) is 64.9 cm³/mol. The highest BCUT2D eigenvalue weighted by atomic mass is 32.2. The minimum Gasteiger partial charge on any atom is -0.298 e. The molecule has 0 fully saturated rings. The third-order valence-electron chi connectivity index (χ3n) is 2.18. The van der Waals surface area contributed by atoms with Gasteiger partial charge in [-0.2, -0.15) is 5.26 Å². The van der Waals surface area contributed by atoms with E-state index in [0.29, 0.717) is 6.54 Å². The van der Waals surface area contributed by atoms with E-state index in [9.17, 15) is 0 Å². The van der Waals surface area contributed by atoms with Gasteiger partial charge in [0, 0.05) is 10.9 Å². The molecule has 1 atom stereocenters. The maximum absolute atomic E-state index is 8.46. The van der Waals surface area contributed by atoms with E-state index in [1.807, 2.05) is 11.8 Å². The van der Waals surface area contributed by atoms with E-state index in [1.54, 1.807) is 0 Å². The summed E-state index contributed by atoms with van der Waals surface area (Å²) in [5.74, 6) is 1.10. The van der Waals surface area contributed by atoms with E-state index in [1.165, 1.54) is 10.5 Å². The molecule has 1 rings (SSSR count). The first-order valence-electron chi connectivity index (χ1n) is 5.11. The monoisotopic (exact) mass is 220 g/mol. The maximum atomic E-state index is 8.46.